The molecule has 300 valence electrons. The molecule has 0 aliphatic carbocycles. The predicted molar refractivity (Wildman–Crippen MR) is 211 cm³/mol. The molecule has 14 nitrogen and oxygen atoms in total. The minimum absolute atomic E-state index is 0. The van der Waals surface area contributed by atoms with Gasteiger partial charge < -0.3 is 30.6 Å². The average molecular weight is 783 g/mol. The molecule has 55 heavy (non-hydrogen) atoms. The predicted octanol–water partition coefficient (Wildman–Crippen LogP) is 4.04. The summed E-state index contributed by atoms with van der Waals surface area (Å²) in [6, 6.07) is 15.9. The number of ether oxygens (including phenoxy) is 2. The van der Waals surface area contributed by atoms with Crippen LogP contribution in [-0.2, 0) is 10.4 Å². The molecule has 10 rings (SSSR count). The van der Waals surface area contributed by atoms with Crippen molar-refractivity contribution in [3.63, 3.8) is 0 Å². The Kier molecular flexibility index (Phi) is 14.9. The summed E-state index contributed by atoms with van der Waals surface area (Å²) in [6.45, 7) is 12.1. The summed E-state index contributed by atoms with van der Waals surface area (Å²) in [5, 5.41) is 24.3. The first-order chi connectivity index (χ1) is 25.4. The molecule has 2 aromatic heterocycles. The zero-order valence-electron chi connectivity index (χ0n) is 31.2. The van der Waals surface area contributed by atoms with E-state index >= 15 is 0 Å². The molecular weight excluding hydrogens is 729 g/mol. The number of aromatic nitrogens is 2. The molecule has 4 aromatic rings. The van der Waals surface area contributed by atoms with E-state index in [1.54, 1.807) is 26.6 Å². The van der Waals surface area contributed by atoms with Crippen molar-refractivity contribution in [1.29, 1.82) is 0 Å². The van der Waals surface area contributed by atoms with Crippen molar-refractivity contribution in [2.75, 3.05) is 40.4 Å². The van der Waals surface area contributed by atoms with E-state index < -0.39 is 22.6 Å². The third kappa shape index (κ3) is 9.86. The van der Waals surface area contributed by atoms with Gasteiger partial charge in [-0.25, -0.2) is 0 Å². The molecule has 6 aliphatic rings. The van der Waals surface area contributed by atoms with Gasteiger partial charge in [0.15, 0.2) is 0 Å². The number of aliphatic hydroxyl groups excluding tert-OH is 2. The average Bonchev–Trinajstić information content (AvgIpc) is 3.19. The Balaban J connectivity index is 0.000000211. The van der Waals surface area contributed by atoms with Crippen LogP contribution in [0.3, 0.4) is 0 Å². The van der Waals surface area contributed by atoms with Crippen LogP contribution in [0.4, 0.5) is 0 Å². The van der Waals surface area contributed by atoms with Crippen molar-refractivity contribution in [1.82, 2.24) is 19.8 Å². The molecule has 2 aromatic carbocycles. The SMILES string of the molecule is C=C[C@H]1CN2CC[C@@H]1C[C@@H]2[C@@H](O)c1ccnc2ccc(OC)cc12.C=C[C@H]1CN2CC[C@H]1C[C@@H]2[C@@H](O)c1ccnc2ccc(OC)cc12.O.O.O=S(=O)(O)O. The lowest BCUT2D eigenvalue weighted by Crippen LogP contribution is -2.54. The number of pyridine rings is 2. The van der Waals surface area contributed by atoms with Crippen LogP contribution in [-0.4, -0.2) is 111 Å². The monoisotopic (exact) mass is 782 g/mol. The van der Waals surface area contributed by atoms with E-state index in [2.05, 4.69) is 45.1 Å². The number of rotatable bonds is 8. The molecular formula is C40H54N4O10S. The number of benzene rings is 2. The third-order valence-electron chi connectivity index (χ3n) is 11.6. The first-order valence-electron chi connectivity index (χ1n) is 18.1. The van der Waals surface area contributed by atoms with Gasteiger partial charge in [0, 0.05) is 48.3 Å². The highest BCUT2D eigenvalue weighted by atomic mass is 32.3. The molecule has 8 N–H and O–H groups in total. The summed E-state index contributed by atoms with van der Waals surface area (Å²) in [5.41, 5.74) is 3.69. The summed E-state index contributed by atoms with van der Waals surface area (Å²) < 4.78 is 42.3. The summed E-state index contributed by atoms with van der Waals surface area (Å²) in [6.07, 6.45) is 11.2. The normalized spacial score (nSPS) is 27.5. The maximum absolute atomic E-state index is 11.2. The lowest BCUT2D eigenvalue weighted by atomic mass is 9.73. The first kappa shape index (κ1) is 43.7. The fourth-order valence-electron chi connectivity index (χ4n) is 8.89. The van der Waals surface area contributed by atoms with Crippen LogP contribution in [0.25, 0.3) is 21.8 Å². The van der Waals surface area contributed by atoms with Gasteiger partial charge in [-0.2, -0.15) is 8.42 Å². The number of piperidine rings is 6. The number of aliphatic hydroxyl groups is 2. The highest BCUT2D eigenvalue weighted by Gasteiger charge is 2.43. The molecule has 6 fully saturated rings. The fraction of sp³-hybridized carbons (Fsp3) is 0.450. The molecule has 2 unspecified atom stereocenters. The first-order valence-corrected chi connectivity index (χ1v) is 19.5. The van der Waals surface area contributed by atoms with E-state index in [1.165, 1.54) is 12.8 Å². The number of methoxy groups -OCH3 is 2. The van der Waals surface area contributed by atoms with Crippen LogP contribution < -0.4 is 9.47 Å². The lowest BCUT2D eigenvalue weighted by Gasteiger charge is -2.50. The second kappa shape index (κ2) is 18.7. The molecule has 0 saturated carbocycles. The smallest absolute Gasteiger partial charge is 0.394 e. The van der Waals surface area contributed by atoms with Crippen LogP contribution in [0.5, 0.6) is 11.5 Å². The highest BCUT2D eigenvalue weighted by molar-refractivity contribution is 7.79. The second-order valence-corrected chi connectivity index (χ2v) is 15.3. The van der Waals surface area contributed by atoms with Gasteiger partial charge in [-0.15, -0.1) is 13.2 Å². The molecule has 10 atom stereocenters. The van der Waals surface area contributed by atoms with Crippen molar-refractivity contribution in [3.05, 3.63) is 97.4 Å². The highest BCUT2D eigenvalue weighted by Crippen LogP contribution is 2.43. The van der Waals surface area contributed by atoms with E-state index in [-0.39, 0.29) is 23.0 Å². The van der Waals surface area contributed by atoms with E-state index in [1.807, 2.05) is 48.5 Å². The van der Waals surface area contributed by atoms with Crippen LogP contribution in [0, 0.1) is 23.7 Å². The Hall–Kier alpha value is -4.03. The van der Waals surface area contributed by atoms with Crippen LogP contribution in [0.1, 0.15) is 49.0 Å². The van der Waals surface area contributed by atoms with Crippen molar-refractivity contribution in [2.45, 2.75) is 50.0 Å². The summed E-state index contributed by atoms with van der Waals surface area (Å²) >= 11 is 0. The van der Waals surface area contributed by atoms with Gasteiger partial charge in [0.05, 0.1) is 37.5 Å². The quantitative estimate of drug-likeness (QED) is 0.147. The lowest BCUT2D eigenvalue weighted by molar-refractivity contribution is -0.0445. The van der Waals surface area contributed by atoms with Crippen LogP contribution in [0.15, 0.2) is 86.2 Å². The number of hydrogen-bond donors (Lipinski definition) is 4. The van der Waals surface area contributed by atoms with E-state index in [0.29, 0.717) is 23.7 Å². The van der Waals surface area contributed by atoms with E-state index in [9.17, 15) is 10.2 Å². The number of fused-ring (bicyclic) bond motifs is 8. The molecule has 0 amide bonds. The van der Waals surface area contributed by atoms with Gasteiger partial charge in [-0.1, -0.05) is 12.2 Å². The van der Waals surface area contributed by atoms with Gasteiger partial charge in [-0.05, 0) is 122 Å². The molecule has 6 saturated heterocycles. The Morgan fingerprint density at radius 3 is 1.42 bits per heavy atom. The molecule has 0 spiro atoms. The Morgan fingerprint density at radius 1 is 0.727 bits per heavy atom. The zero-order chi connectivity index (χ0) is 37.9. The number of nitrogens with zero attached hydrogens (tertiary/aromatic N) is 4. The topological polar surface area (TPSA) is 229 Å². The van der Waals surface area contributed by atoms with Gasteiger partial charge in [0.1, 0.15) is 11.5 Å². The molecule has 6 aliphatic heterocycles. The van der Waals surface area contributed by atoms with Crippen LogP contribution >= 0.6 is 0 Å². The fourth-order valence-corrected chi connectivity index (χ4v) is 8.89. The molecule has 15 heteroatoms. The van der Waals surface area contributed by atoms with Gasteiger partial charge in [0.2, 0.25) is 0 Å². The summed E-state index contributed by atoms with van der Waals surface area (Å²) in [5.74, 6) is 4.01. The largest absolute Gasteiger partial charge is 0.497 e. The van der Waals surface area contributed by atoms with Gasteiger partial charge in [0.25, 0.3) is 0 Å². The second-order valence-electron chi connectivity index (χ2n) is 14.4. The van der Waals surface area contributed by atoms with Crippen molar-refractivity contribution < 1.29 is 48.2 Å². The standard InChI is InChI=1S/2C20H24N2O2.H2O4S.2H2O/c2*1-3-13-12-22-9-7-14(13)10-19(22)20(23)16-6-8-21-18-5-4-15(24-2)11-17(16)18;1-5(2,3)4;;/h2*3-6,8,11,13-14,19-20,23H,1,7,9-10,12H2,2H3;(H2,1,2,3,4);2*1H2/t13-,14+,19+,20-;13-,14-,19+,20-;;;/m00.../s1. The summed E-state index contributed by atoms with van der Waals surface area (Å²) in [7, 11) is -1.34. The van der Waals surface area contributed by atoms with E-state index in [4.69, 9.17) is 27.0 Å². The van der Waals surface area contributed by atoms with Crippen LogP contribution in [0.2, 0.25) is 0 Å². The van der Waals surface area contributed by atoms with E-state index in [0.717, 1.165) is 83.5 Å². The van der Waals surface area contributed by atoms with Gasteiger partial charge in [-0.3, -0.25) is 28.9 Å². The molecule has 4 bridgehead atoms. The Bertz CT molecular complexity index is 1900. The minimum atomic E-state index is -4.67. The summed E-state index contributed by atoms with van der Waals surface area (Å²) in [4.78, 5) is 13.7. The third-order valence-corrected chi connectivity index (χ3v) is 11.6. The maximum Gasteiger partial charge on any atom is 0.394 e. The van der Waals surface area contributed by atoms with Gasteiger partial charge >= 0.3 is 10.4 Å². The maximum atomic E-state index is 11.2. The van der Waals surface area contributed by atoms with Crippen molar-refractivity contribution >= 4 is 32.2 Å². The Labute approximate surface area is 322 Å². The van der Waals surface area contributed by atoms with Crippen molar-refractivity contribution in [2.24, 2.45) is 23.7 Å². The molecule has 8 heterocycles. The van der Waals surface area contributed by atoms with Crippen molar-refractivity contribution in [3.8, 4) is 11.5 Å². The Morgan fingerprint density at radius 2 is 1.11 bits per heavy atom. The minimum Gasteiger partial charge on any atom is -0.497 e. The number of hydrogen-bond acceptors (Lipinski definition) is 10. The zero-order valence-corrected chi connectivity index (χ0v) is 32.1. The molecule has 0 radical (unpaired) electrons.